The first-order chi connectivity index (χ1) is 7.56. The van der Waals surface area contributed by atoms with Crippen molar-refractivity contribution in [3.63, 3.8) is 0 Å². The van der Waals surface area contributed by atoms with E-state index in [0.29, 0.717) is 13.0 Å². The summed E-state index contributed by atoms with van der Waals surface area (Å²) in [5.41, 5.74) is -0.0637. The second-order valence-corrected chi connectivity index (χ2v) is 3.78. The summed E-state index contributed by atoms with van der Waals surface area (Å²) in [5, 5.41) is 13.4. The van der Waals surface area contributed by atoms with Crippen LogP contribution in [0.3, 0.4) is 0 Å². The Kier molecular flexibility index (Phi) is 4.26. The average Bonchev–Trinajstić information content (AvgIpc) is 2.23. The number of nitro benzene ring substituents is 1. The molecule has 0 unspecified atom stereocenters. The van der Waals surface area contributed by atoms with Gasteiger partial charge in [-0.15, -0.1) is 12.3 Å². The molecule has 0 radical (unpaired) electrons. The monoisotopic (exact) mass is 286 g/mol. The van der Waals surface area contributed by atoms with E-state index in [1.807, 2.05) is 0 Å². The minimum atomic E-state index is -0.581. The van der Waals surface area contributed by atoms with Crippen LogP contribution in [-0.4, -0.2) is 11.5 Å². The molecule has 0 fully saturated rings. The Morgan fingerprint density at radius 1 is 1.62 bits per heavy atom. The molecule has 0 aliphatic carbocycles. The summed E-state index contributed by atoms with van der Waals surface area (Å²) in [5.74, 6) is 1.82. The lowest BCUT2D eigenvalue weighted by Gasteiger charge is -2.06. The van der Waals surface area contributed by atoms with Crippen molar-refractivity contribution in [2.24, 2.45) is 0 Å². The van der Waals surface area contributed by atoms with Crippen LogP contribution in [0, 0.1) is 28.3 Å². The molecule has 0 heterocycles. The summed E-state index contributed by atoms with van der Waals surface area (Å²) in [7, 11) is 0. The molecule has 0 spiro atoms. The predicted octanol–water partition coefficient (Wildman–Crippen LogP) is 2.93. The molecule has 0 aliphatic rings. The highest BCUT2D eigenvalue weighted by Gasteiger charge is 2.16. The number of anilines is 1. The zero-order chi connectivity index (χ0) is 12.1. The van der Waals surface area contributed by atoms with E-state index in [0.717, 1.165) is 12.1 Å². The zero-order valence-corrected chi connectivity index (χ0v) is 9.75. The van der Waals surface area contributed by atoms with Crippen LogP contribution >= 0.6 is 15.9 Å². The molecule has 0 aromatic heterocycles. The Morgan fingerprint density at radius 3 is 2.88 bits per heavy atom. The number of hydrogen-bond donors (Lipinski definition) is 1. The van der Waals surface area contributed by atoms with Crippen molar-refractivity contribution in [1.29, 1.82) is 0 Å². The van der Waals surface area contributed by atoms with Gasteiger partial charge < -0.3 is 5.32 Å². The number of halogens is 2. The Bertz CT molecular complexity index is 457. The lowest BCUT2D eigenvalue weighted by atomic mass is 10.2. The normalized spacial score (nSPS) is 9.56. The topological polar surface area (TPSA) is 55.2 Å². The molecule has 4 nitrogen and oxygen atoms in total. The fourth-order valence-corrected chi connectivity index (χ4v) is 1.43. The number of nitrogens with zero attached hydrogens (tertiary/aromatic N) is 1. The highest BCUT2D eigenvalue weighted by atomic mass is 79.9. The van der Waals surface area contributed by atoms with Crippen LogP contribution in [-0.2, 0) is 0 Å². The standard InChI is InChI=1S/C10H8BrFN2O2/c1-2-3-4-13-9-6-8(12)7(11)5-10(9)14(15)16/h1,5-6,13H,3-4H2. The van der Waals surface area contributed by atoms with Gasteiger partial charge in [0.15, 0.2) is 0 Å². The van der Waals surface area contributed by atoms with Crippen LogP contribution in [0.5, 0.6) is 0 Å². The highest BCUT2D eigenvalue weighted by Crippen LogP contribution is 2.30. The van der Waals surface area contributed by atoms with Gasteiger partial charge in [-0.2, -0.15) is 0 Å². The number of rotatable bonds is 4. The molecule has 0 atom stereocenters. The Balaban J connectivity index is 3.01. The number of nitrogens with one attached hydrogen (secondary N) is 1. The average molecular weight is 287 g/mol. The van der Waals surface area contributed by atoms with E-state index in [1.54, 1.807) is 0 Å². The van der Waals surface area contributed by atoms with Crippen molar-refractivity contribution in [1.82, 2.24) is 0 Å². The third kappa shape index (κ3) is 2.94. The maximum Gasteiger partial charge on any atom is 0.293 e. The third-order valence-corrected chi connectivity index (χ3v) is 2.43. The second-order valence-electron chi connectivity index (χ2n) is 2.92. The quantitative estimate of drug-likeness (QED) is 0.401. The maximum absolute atomic E-state index is 13.2. The molecule has 0 bridgehead atoms. The summed E-state index contributed by atoms with van der Waals surface area (Å²) in [6, 6.07) is 2.19. The number of benzene rings is 1. The minimum Gasteiger partial charge on any atom is -0.378 e. The van der Waals surface area contributed by atoms with Gasteiger partial charge in [0.25, 0.3) is 5.69 Å². The number of terminal acetylenes is 1. The molecule has 1 N–H and O–H groups in total. The zero-order valence-electron chi connectivity index (χ0n) is 8.17. The molecule has 0 amide bonds. The highest BCUT2D eigenvalue weighted by molar-refractivity contribution is 9.10. The Morgan fingerprint density at radius 2 is 2.31 bits per heavy atom. The summed E-state index contributed by atoms with van der Waals surface area (Å²) in [4.78, 5) is 10.1. The van der Waals surface area contributed by atoms with E-state index in [1.165, 1.54) is 0 Å². The minimum absolute atomic E-state index is 0.0571. The van der Waals surface area contributed by atoms with Crippen molar-refractivity contribution < 1.29 is 9.31 Å². The maximum atomic E-state index is 13.2. The summed E-state index contributed by atoms with van der Waals surface area (Å²) in [6.45, 7) is 0.360. The molecular formula is C10H8BrFN2O2. The first-order valence-corrected chi connectivity index (χ1v) is 5.16. The van der Waals surface area contributed by atoms with Gasteiger partial charge in [-0.1, -0.05) is 0 Å². The van der Waals surface area contributed by atoms with E-state index < -0.39 is 10.7 Å². The second kappa shape index (κ2) is 5.47. The fraction of sp³-hybridized carbons (Fsp3) is 0.200. The van der Waals surface area contributed by atoms with Gasteiger partial charge in [0.2, 0.25) is 0 Å². The Hall–Kier alpha value is -1.61. The molecule has 6 heteroatoms. The summed E-state index contributed by atoms with van der Waals surface area (Å²) >= 11 is 2.89. The van der Waals surface area contributed by atoms with Crippen LogP contribution in [0.4, 0.5) is 15.8 Å². The van der Waals surface area contributed by atoms with Crippen molar-refractivity contribution in [2.75, 3.05) is 11.9 Å². The van der Waals surface area contributed by atoms with Crippen molar-refractivity contribution in [3.8, 4) is 12.3 Å². The molecule has 16 heavy (non-hydrogen) atoms. The van der Waals surface area contributed by atoms with Crippen molar-refractivity contribution in [2.45, 2.75) is 6.42 Å². The molecule has 1 aromatic rings. The number of nitro groups is 1. The molecule has 0 saturated carbocycles. The third-order valence-electron chi connectivity index (χ3n) is 1.82. The van der Waals surface area contributed by atoms with Crippen molar-refractivity contribution >= 4 is 27.3 Å². The van der Waals surface area contributed by atoms with Crippen LogP contribution in [0.2, 0.25) is 0 Å². The Labute approximate surface area is 100 Å². The van der Waals surface area contributed by atoms with E-state index in [-0.39, 0.29) is 15.8 Å². The van der Waals surface area contributed by atoms with Gasteiger partial charge in [0.1, 0.15) is 11.5 Å². The lowest BCUT2D eigenvalue weighted by molar-refractivity contribution is -0.384. The summed E-state index contributed by atoms with van der Waals surface area (Å²) < 4.78 is 13.2. The molecule has 1 rings (SSSR count). The van der Waals surface area contributed by atoms with Gasteiger partial charge in [-0.25, -0.2) is 4.39 Å². The van der Waals surface area contributed by atoms with Crippen molar-refractivity contribution in [3.05, 3.63) is 32.5 Å². The van der Waals surface area contributed by atoms with E-state index in [2.05, 4.69) is 27.2 Å². The smallest absolute Gasteiger partial charge is 0.293 e. The molecule has 84 valence electrons. The van der Waals surface area contributed by atoms with E-state index in [9.17, 15) is 14.5 Å². The van der Waals surface area contributed by atoms with Crippen LogP contribution in [0.15, 0.2) is 16.6 Å². The predicted molar refractivity (Wildman–Crippen MR) is 62.7 cm³/mol. The van der Waals surface area contributed by atoms with Crippen LogP contribution < -0.4 is 5.32 Å². The molecule has 0 saturated heterocycles. The molecule has 0 aliphatic heterocycles. The SMILES string of the molecule is C#CCCNc1cc(F)c(Br)cc1[N+](=O)[O-]. The van der Waals surface area contributed by atoms with Gasteiger partial charge in [-0.05, 0) is 15.9 Å². The molecular weight excluding hydrogens is 279 g/mol. The summed E-state index contributed by atoms with van der Waals surface area (Å²) in [6.07, 6.45) is 5.45. The first kappa shape index (κ1) is 12.5. The molecule has 1 aromatic carbocycles. The van der Waals surface area contributed by atoms with Crippen LogP contribution in [0.25, 0.3) is 0 Å². The lowest BCUT2D eigenvalue weighted by Crippen LogP contribution is -2.04. The van der Waals surface area contributed by atoms with Gasteiger partial charge >= 0.3 is 0 Å². The fourth-order valence-electron chi connectivity index (χ4n) is 1.10. The van der Waals surface area contributed by atoms with E-state index in [4.69, 9.17) is 6.42 Å². The van der Waals surface area contributed by atoms with Gasteiger partial charge in [-0.3, -0.25) is 10.1 Å². The number of hydrogen-bond acceptors (Lipinski definition) is 3. The van der Waals surface area contributed by atoms with E-state index >= 15 is 0 Å². The first-order valence-electron chi connectivity index (χ1n) is 4.37. The van der Waals surface area contributed by atoms with Gasteiger partial charge in [0, 0.05) is 25.1 Å². The van der Waals surface area contributed by atoms with Crippen LogP contribution in [0.1, 0.15) is 6.42 Å². The van der Waals surface area contributed by atoms with Gasteiger partial charge in [0.05, 0.1) is 9.40 Å². The largest absolute Gasteiger partial charge is 0.378 e.